The van der Waals surface area contributed by atoms with Gasteiger partial charge in [-0.3, -0.25) is 4.79 Å². The molecule has 0 fully saturated rings. The summed E-state index contributed by atoms with van der Waals surface area (Å²) in [6, 6.07) is 5.60. The number of fused-ring (bicyclic) bond motifs is 1. The monoisotopic (exact) mass is 194 g/mol. The summed E-state index contributed by atoms with van der Waals surface area (Å²) in [6.45, 7) is 1.98. The smallest absolute Gasteiger partial charge is 0.166 e. The van der Waals surface area contributed by atoms with Crippen molar-refractivity contribution in [2.24, 2.45) is 5.92 Å². The molecule has 1 nitrogen and oxygen atoms in total. The van der Waals surface area contributed by atoms with Crippen LogP contribution in [0.5, 0.6) is 0 Å². The first-order valence-corrected chi connectivity index (χ1v) is 4.89. The lowest BCUT2D eigenvalue weighted by Crippen LogP contribution is -2.19. The van der Waals surface area contributed by atoms with E-state index in [1.807, 2.05) is 19.1 Å². The molecule has 0 N–H and O–H groups in total. The van der Waals surface area contributed by atoms with Gasteiger partial charge in [0.25, 0.3) is 0 Å². The standard InChI is InChI=1S/C11H11ClO/c1-7-2-3-8-4-5-9(12)6-10(8)11(7)13/h4-7H,2-3H2,1H3/t7-/m0/s1. The first-order valence-electron chi connectivity index (χ1n) is 4.51. The minimum Gasteiger partial charge on any atom is -0.294 e. The molecule has 0 aliphatic heterocycles. The lowest BCUT2D eigenvalue weighted by Gasteiger charge is -2.19. The third-order valence-corrected chi connectivity index (χ3v) is 2.87. The van der Waals surface area contributed by atoms with Crippen LogP contribution >= 0.6 is 11.6 Å². The van der Waals surface area contributed by atoms with E-state index in [1.165, 1.54) is 0 Å². The molecule has 0 radical (unpaired) electrons. The van der Waals surface area contributed by atoms with Crippen LogP contribution in [0.4, 0.5) is 0 Å². The van der Waals surface area contributed by atoms with Crippen LogP contribution < -0.4 is 0 Å². The molecule has 0 aromatic heterocycles. The summed E-state index contributed by atoms with van der Waals surface area (Å²) in [4.78, 5) is 11.7. The molecule has 0 spiro atoms. The fourth-order valence-corrected chi connectivity index (χ4v) is 1.94. The number of Topliss-reactive ketones (excluding diaryl/α,β-unsaturated/α-hetero) is 1. The van der Waals surface area contributed by atoms with Crippen molar-refractivity contribution in [2.45, 2.75) is 19.8 Å². The van der Waals surface area contributed by atoms with E-state index in [0.717, 1.165) is 24.0 Å². The molecule has 0 saturated heterocycles. The van der Waals surface area contributed by atoms with Gasteiger partial charge in [0.2, 0.25) is 0 Å². The van der Waals surface area contributed by atoms with Gasteiger partial charge < -0.3 is 0 Å². The third kappa shape index (κ3) is 1.49. The highest BCUT2D eigenvalue weighted by Gasteiger charge is 2.23. The zero-order valence-corrected chi connectivity index (χ0v) is 8.27. The highest BCUT2D eigenvalue weighted by atomic mass is 35.5. The Morgan fingerprint density at radius 1 is 1.46 bits per heavy atom. The Labute approximate surface area is 82.7 Å². The van der Waals surface area contributed by atoms with Crippen molar-refractivity contribution < 1.29 is 4.79 Å². The summed E-state index contributed by atoms with van der Waals surface area (Å²) < 4.78 is 0. The van der Waals surface area contributed by atoms with E-state index in [2.05, 4.69) is 0 Å². The number of benzene rings is 1. The highest BCUT2D eigenvalue weighted by molar-refractivity contribution is 6.31. The maximum Gasteiger partial charge on any atom is 0.166 e. The van der Waals surface area contributed by atoms with Gasteiger partial charge in [-0.1, -0.05) is 24.6 Å². The number of aryl methyl sites for hydroxylation is 1. The predicted octanol–water partition coefficient (Wildman–Crippen LogP) is 3.11. The van der Waals surface area contributed by atoms with Crippen LogP contribution in [0, 0.1) is 5.92 Å². The van der Waals surface area contributed by atoms with E-state index in [1.54, 1.807) is 6.07 Å². The van der Waals surface area contributed by atoms with Crippen LogP contribution in [0.25, 0.3) is 0 Å². The molecular weight excluding hydrogens is 184 g/mol. The van der Waals surface area contributed by atoms with Crippen molar-refractivity contribution in [3.8, 4) is 0 Å². The molecule has 2 rings (SSSR count). The summed E-state index contributed by atoms with van der Waals surface area (Å²) in [7, 11) is 0. The lowest BCUT2D eigenvalue weighted by molar-refractivity contribution is 0.0913. The molecule has 0 amide bonds. The summed E-state index contributed by atoms with van der Waals surface area (Å²) in [5.74, 6) is 0.398. The maximum absolute atomic E-state index is 11.7. The van der Waals surface area contributed by atoms with Gasteiger partial charge in [-0.2, -0.15) is 0 Å². The number of hydrogen-bond donors (Lipinski definition) is 0. The Hall–Kier alpha value is -0.820. The molecule has 2 heteroatoms. The molecule has 1 aliphatic rings. The average Bonchev–Trinajstić information content (AvgIpc) is 2.12. The van der Waals surface area contributed by atoms with Crippen molar-refractivity contribution in [2.75, 3.05) is 0 Å². The van der Waals surface area contributed by atoms with Crippen LogP contribution in [0.3, 0.4) is 0 Å². The number of rotatable bonds is 0. The quantitative estimate of drug-likeness (QED) is 0.620. The van der Waals surface area contributed by atoms with E-state index >= 15 is 0 Å². The summed E-state index contributed by atoms with van der Waals surface area (Å²) in [6.07, 6.45) is 1.97. The van der Waals surface area contributed by atoms with Gasteiger partial charge in [-0.25, -0.2) is 0 Å². The van der Waals surface area contributed by atoms with Gasteiger partial charge in [-0.15, -0.1) is 0 Å². The number of carbonyl (C=O) groups excluding carboxylic acids is 1. The molecule has 0 bridgehead atoms. The fraction of sp³-hybridized carbons (Fsp3) is 0.364. The highest BCUT2D eigenvalue weighted by Crippen LogP contribution is 2.27. The Kier molecular flexibility index (Phi) is 2.12. The van der Waals surface area contributed by atoms with Crippen molar-refractivity contribution >= 4 is 17.4 Å². The van der Waals surface area contributed by atoms with Gasteiger partial charge in [0.05, 0.1) is 0 Å². The van der Waals surface area contributed by atoms with E-state index in [0.29, 0.717) is 5.02 Å². The Morgan fingerprint density at radius 2 is 2.23 bits per heavy atom. The minimum absolute atomic E-state index is 0.158. The molecule has 1 aliphatic carbocycles. The zero-order chi connectivity index (χ0) is 9.42. The van der Waals surface area contributed by atoms with Crippen LogP contribution in [0.2, 0.25) is 5.02 Å². The molecule has 13 heavy (non-hydrogen) atoms. The van der Waals surface area contributed by atoms with E-state index < -0.39 is 0 Å². The van der Waals surface area contributed by atoms with Gasteiger partial charge in [0.1, 0.15) is 0 Å². The first kappa shape index (κ1) is 8.76. The maximum atomic E-state index is 11.7. The number of halogens is 1. The van der Waals surface area contributed by atoms with Gasteiger partial charge >= 0.3 is 0 Å². The van der Waals surface area contributed by atoms with Gasteiger partial charge in [0.15, 0.2) is 5.78 Å². The van der Waals surface area contributed by atoms with E-state index in [4.69, 9.17) is 11.6 Å². The van der Waals surface area contributed by atoms with Crippen LogP contribution in [-0.4, -0.2) is 5.78 Å². The lowest BCUT2D eigenvalue weighted by atomic mass is 9.84. The van der Waals surface area contributed by atoms with Crippen molar-refractivity contribution in [1.29, 1.82) is 0 Å². The van der Waals surface area contributed by atoms with Crippen LogP contribution in [0.1, 0.15) is 29.3 Å². The summed E-state index contributed by atoms with van der Waals surface area (Å²) in [5.41, 5.74) is 1.97. The molecule has 0 unspecified atom stereocenters. The fourth-order valence-electron chi connectivity index (χ4n) is 1.76. The molecule has 68 valence electrons. The normalized spacial score (nSPS) is 21.4. The molecular formula is C11H11ClO. The molecule has 1 aromatic rings. The predicted molar refractivity (Wildman–Crippen MR) is 53.3 cm³/mol. The summed E-state index contributed by atoms with van der Waals surface area (Å²) >= 11 is 5.84. The van der Waals surface area contributed by atoms with Crippen molar-refractivity contribution in [3.05, 3.63) is 34.3 Å². The number of carbonyl (C=O) groups is 1. The van der Waals surface area contributed by atoms with E-state index in [9.17, 15) is 4.79 Å². The van der Waals surface area contributed by atoms with Crippen molar-refractivity contribution in [1.82, 2.24) is 0 Å². The van der Waals surface area contributed by atoms with E-state index in [-0.39, 0.29) is 11.7 Å². The van der Waals surface area contributed by atoms with Gasteiger partial charge in [-0.05, 0) is 30.5 Å². The Bertz CT molecular complexity index is 357. The third-order valence-electron chi connectivity index (χ3n) is 2.63. The number of ketones is 1. The van der Waals surface area contributed by atoms with Crippen LogP contribution in [-0.2, 0) is 6.42 Å². The van der Waals surface area contributed by atoms with Crippen LogP contribution in [0.15, 0.2) is 18.2 Å². The first-order chi connectivity index (χ1) is 6.18. The molecule has 0 saturated carbocycles. The second-order valence-corrected chi connectivity index (χ2v) is 4.04. The van der Waals surface area contributed by atoms with Gasteiger partial charge in [0, 0.05) is 16.5 Å². The molecule has 1 atom stereocenters. The SMILES string of the molecule is C[C@H]1CCc2ccc(Cl)cc2C1=O. The zero-order valence-electron chi connectivity index (χ0n) is 7.51. The minimum atomic E-state index is 0.158. The number of hydrogen-bond acceptors (Lipinski definition) is 1. The Morgan fingerprint density at radius 3 is 3.00 bits per heavy atom. The molecule has 1 aromatic carbocycles. The summed E-state index contributed by atoms with van der Waals surface area (Å²) in [5, 5.41) is 0.654. The van der Waals surface area contributed by atoms with Crippen molar-refractivity contribution in [3.63, 3.8) is 0 Å². The second kappa shape index (κ2) is 3.15. The average molecular weight is 195 g/mol. The second-order valence-electron chi connectivity index (χ2n) is 3.61. The topological polar surface area (TPSA) is 17.1 Å². The molecule has 0 heterocycles. The Balaban J connectivity index is 2.51. The largest absolute Gasteiger partial charge is 0.294 e.